The van der Waals surface area contributed by atoms with Crippen molar-refractivity contribution in [3.8, 4) is 5.75 Å². The molecule has 3 aliphatic rings. The number of carbonyl (C=O) groups excluding carboxylic acids is 1. The normalized spacial score (nSPS) is 32.8. The van der Waals surface area contributed by atoms with E-state index < -0.39 is 15.8 Å². The Bertz CT molecular complexity index is 1470. The van der Waals surface area contributed by atoms with Gasteiger partial charge in [0.2, 0.25) is 0 Å². The average Bonchev–Trinajstić information content (AvgIpc) is 3.09. The lowest BCUT2D eigenvalue weighted by Crippen LogP contribution is -2.47. The number of fused-ring (bicyclic) bond motifs is 3. The molecule has 2 aliphatic heterocycles. The third-order valence-corrected chi connectivity index (χ3v) is 11.2. The van der Waals surface area contributed by atoms with E-state index in [1.54, 1.807) is 13.2 Å². The van der Waals surface area contributed by atoms with Gasteiger partial charge in [0.05, 0.1) is 18.4 Å². The van der Waals surface area contributed by atoms with E-state index in [4.69, 9.17) is 26.2 Å². The molecule has 0 unspecified atom stereocenters. The van der Waals surface area contributed by atoms with Crippen molar-refractivity contribution in [1.82, 2.24) is 0 Å². The largest absolute Gasteiger partial charge is 0.490 e. The molecule has 0 aromatic heterocycles. The van der Waals surface area contributed by atoms with Crippen molar-refractivity contribution in [3.05, 3.63) is 70.3 Å². The summed E-state index contributed by atoms with van der Waals surface area (Å²) in [6, 6.07) is 11.7. The number of rotatable bonds is 2. The van der Waals surface area contributed by atoms with Gasteiger partial charge in [0.1, 0.15) is 15.7 Å². The summed E-state index contributed by atoms with van der Waals surface area (Å²) in [5.41, 5.74) is 3.57. The zero-order chi connectivity index (χ0) is 30.1. The molecule has 7 nitrogen and oxygen atoms in total. The molecule has 1 amide bonds. The molecule has 0 saturated heterocycles. The molecule has 2 heterocycles. The van der Waals surface area contributed by atoms with Gasteiger partial charge in [0, 0.05) is 42.0 Å². The number of carbonyl (C=O) groups is 1. The maximum absolute atomic E-state index is 13.3. The SMILES string of the molecule is CC[C@H]1CN2C[C@@]3(CCCc4cc(Cl)ccc43)COc3ccc(cc32)C(=O)N=[S@@](N)(=O)C[C@@H](C)C/C=C/[C@H](OC)[C@@H]1C. The predicted octanol–water partition coefficient (Wildman–Crippen LogP) is 6.57. The first-order valence-corrected chi connectivity index (χ1v) is 17.2. The van der Waals surface area contributed by atoms with Crippen LogP contribution in [-0.2, 0) is 26.5 Å². The maximum atomic E-state index is 13.3. The van der Waals surface area contributed by atoms with Crippen LogP contribution in [0.25, 0.3) is 0 Å². The third-order valence-electron chi connectivity index (χ3n) is 9.42. The number of nitrogens with two attached hydrogens (primary N) is 1. The highest BCUT2D eigenvalue weighted by Crippen LogP contribution is 2.45. The topological polar surface area (TPSA) is 94.2 Å². The Morgan fingerprint density at radius 3 is 2.81 bits per heavy atom. The summed E-state index contributed by atoms with van der Waals surface area (Å²) in [4.78, 5) is 15.7. The fourth-order valence-corrected chi connectivity index (χ4v) is 8.69. The van der Waals surface area contributed by atoms with Crippen LogP contribution in [0.4, 0.5) is 5.69 Å². The van der Waals surface area contributed by atoms with E-state index in [2.05, 4.69) is 47.4 Å². The predicted molar refractivity (Wildman–Crippen MR) is 171 cm³/mol. The molecule has 2 N–H and O–H groups in total. The fraction of sp³-hybridized carbons (Fsp3) is 0.545. The van der Waals surface area contributed by atoms with Crippen LogP contribution in [0.3, 0.4) is 0 Å². The number of amides is 1. The van der Waals surface area contributed by atoms with Crippen LogP contribution in [0.5, 0.6) is 5.75 Å². The highest BCUT2D eigenvalue weighted by Gasteiger charge is 2.42. The van der Waals surface area contributed by atoms with Gasteiger partial charge in [-0.1, -0.05) is 57.0 Å². The summed E-state index contributed by atoms with van der Waals surface area (Å²) in [7, 11) is -1.43. The highest BCUT2D eigenvalue weighted by molar-refractivity contribution is 7.91. The minimum atomic E-state index is -3.20. The van der Waals surface area contributed by atoms with Gasteiger partial charge < -0.3 is 14.4 Å². The standard InChI is InChI=1S/C33H44ClN3O4S/c1-5-24-18-37-20-33(15-7-9-25-16-27(34)12-13-28(25)33)21-41-31-14-11-26(17-29(31)37)32(38)36-42(35,39)19-22(2)8-6-10-30(40-4)23(24)3/h6,10-14,16-17,22-24,30H,5,7-9,15,18-21H2,1-4H3,(H2,35,36,38,39)/b10-6+/t22-,23+,24-,30-,33-,42+/m0/s1. The number of hydrogen-bond acceptors (Lipinski definition) is 5. The van der Waals surface area contributed by atoms with E-state index in [-0.39, 0.29) is 29.1 Å². The van der Waals surface area contributed by atoms with Gasteiger partial charge in [-0.05, 0) is 84.9 Å². The van der Waals surface area contributed by atoms with Crippen LogP contribution in [0.15, 0.2) is 52.9 Å². The molecule has 0 fully saturated rings. The zero-order valence-corrected chi connectivity index (χ0v) is 26.8. The first-order chi connectivity index (χ1) is 20.0. The van der Waals surface area contributed by atoms with Crippen molar-refractivity contribution in [2.45, 2.75) is 64.4 Å². The number of allylic oxidation sites excluding steroid dienone is 1. The van der Waals surface area contributed by atoms with Gasteiger partial charge in [-0.25, -0.2) is 9.35 Å². The lowest BCUT2D eigenvalue weighted by molar-refractivity contribution is 0.0693. The van der Waals surface area contributed by atoms with E-state index in [0.29, 0.717) is 24.5 Å². The first-order valence-electron chi connectivity index (χ1n) is 15.1. The quantitative estimate of drug-likeness (QED) is 0.387. The van der Waals surface area contributed by atoms with Gasteiger partial charge in [-0.15, -0.1) is 4.36 Å². The van der Waals surface area contributed by atoms with Crippen LogP contribution in [0.1, 0.15) is 67.9 Å². The lowest BCUT2D eigenvalue weighted by atomic mass is 9.70. The Morgan fingerprint density at radius 1 is 1.24 bits per heavy atom. The molecule has 0 saturated carbocycles. The van der Waals surface area contributed by atoms with Crippen molar-refractivity contribution in [3.63, 3.8) is 0 Å². The smallest absolute Gasteiger partial charge is 0.286 e. The first kappa shape index (κ1) is 31.0. The Morgan fingerprint density at radius 2 is 2.05 bits per heavy atom. The molecule has 42 heavy (non-hydrogen) atoms. The lowest BCUT2D eigenvalue weighted by Gasteiger charge is -2.42. The fourth-order valence-electron chi connectivity index (χ4n) is 7.09. The van der Waals surface area contributed by atoms with Gasteiger partial charge in [-0.3, -0.25) is 4.79 Å². The van der Waals surface area contributed by atoms with Crippen molar-refractivity contribution >= 4 is 33.1 Å². The number of nitrogens with zero attached hydrogens (tertiary/aromatic N) is 2. The van der Waals surface area contributed by atoms with E-state index in [1.807, 2.05) is 25.1 Å². The van der Waals surface area contributed by atoms with Crippen molar-refractivity contribution in [1.29, 1.82) is 0 Å². The molecular formula is C33H44ClN3O4S. The van der Waals surface area contributed by atoms with Crippen molar-refractivity contribution in [2.24, 2.45) is 27.3 Å². The van der Waals surface area contributed by atoms with Gasteiger partial charge >= 0.3 is 0 Å². The number of anilines is 1. The van der Waals surface area contributed by atoms with E-state index in [9.17, 15) is 9.00 Å². The minimum Gasteiger partial charge on any atom is -0.490 e. The Labute approximate surface area is 256 Å². The Balaban J connectivity index is 1.63. The van der Waals surface area contributed by atoms with E-state index in [1.165, 1.54) is 11.1 Å². The summed E-state index contributed by atoms with van der Waals surface area (Å²) in [5, 5.41) is 6.85. The number of hydrogen-bond donors (Lipinski definition) is 1. The van der Waals surface area contributed by atoms with Crippen molar-refractivity contribution in [2.75, 3.05) is 37.5 Å². The summed E-state index contributed by atoms with van der Waals surface area (Å²) in [5.74, 6) is 0.861. The Hall–Kier alpha value is -2.39. The summed E-state index contributed by atoms with van der Waals surface area (Å²) in [6.45, 7) is 8.51. The molecule has 9 heteroatoms. The summed E-state index contributed by atoms with van der Waals surface area (Å²) >= 11 is 6.42. The molecule has 5 rings (SSSR count). The van der Waals surface area contributed by atoms with Gasteiger partial charge in [0.25, 0.3) is 5.91 Å². The van der Waals surface area contributed by atoms with Crippen molar-refractivity contribution < 1.29 is 18.5 Å². The molecule has 2 bridgehead atoms. The molecule has 2 aromatic rings. The van der Waals surface area contributed by atoms with Crippen LogP contribution >= 0.6 is 11.6 Å². The zero-order valence-electron chi connectivity index (χ0n) is 25.2. The van der Waals surface area contributed by atoms with Crippen LogP contribution in [-0.4, -0.2) is 48.8 Å². The molecule has 228 valence electrons. The Kier molecular flexibility index (Phi) is 9.38. The number of halogens is 1. The second-order valence-corrected chi connectivity index (χ2v) is 14.9. The van der Waals surface area contributed by atoms with Gasteiger partial charge in [0.15, 0.2) is 0 Å². The molecule has 2 aromatic carbocycles. The number of methoxy groups -OCH3 is 1. The number of ether oxygens (including phenoxy) is 2. The minimum absolute atomic E-state index is 0.00151. The second kappa shape index (κ2) is 12.7. The maximum Gasteiger partial charge on any atom is 0.286 e. The molecule has 6 atom stereocenters. The van der Waals surface area contributed by atoms with E-state index in [0.717, 1.165) is 55.2 Å². The number of aryl methyl sites for hydroxylation is 1. The molecule has 1 aliphatic carbocycles. The second-order valence-electron chi connectivity index (χ2n) is 12.5. The van der Waals surface area contributed by atoms with Crippen LogP contribution in [0, 0.1) is 17.8 Å². The van der Waals surface area contributed by atoms with Crippen LogP contribution in [0.2, 0.25) is 5.02 Å². The number of benzene rings is 2. The summed E-state index contributed by atoms with van der Waals surface area (Å²) in [6.07, 6.45) is 8.84. The molecular weight excluding hydrogens is 570 g/mol. The molecule has 1 spiro atoms. The summed E-state index contributed by atoms with van der Waals surface area (Å²) < 4.78 is 29.8. The van der Waals surface area contributed by atoms with Gasteiger partial charge in [-0.2, -0.15) is 0 Å². The van der Waals surface area contributed by atoms with Crippen LogP contribution < -0.4 is 14.8 Å². The molecule has 0 radical (unpaired) electrons. The highest BCUT2D eigenvalue weighted by atomic mass is 35.5. The van der Waals surface area contributed by atoms with E-state index >= 15 is 0 Å². The average molecular weight is 614 g/mol. The monoisotopic (exact) mass is 613 g/mol. The third kappa shape index (κ3) is 6.57.